The fourth-order valence-electron chi connectivity index (χ4n) is 2.81. The minimum absolute atomic E-state index is 0.0990. The third-order valence-corrected chi connectivity index (χ3v) is 4.29. The normalized spacial score (nSPS) is 14.0. The second-order valence-electron chi connectivity index (χ2n) is 5.88. The van der Waals surface area contributed by atoms with Crippen molar-refractivity contribution in [3.05, 3.63) is 53.8 Å². The number of hydrogen-bond acceptors (Lipinski definition) is 5. The van der Waals surface area contributed by atoms with Gasteiger partial charge in [-0.2, -0.15) is 10.2 Å². The molecule has 1 aliphatic rings. The van der Waals surface area contributed by atoms with Crippen LogP contribution in [0.15, 0.2) is 53.9 Å². The Bertz CT molecular complexity index is 963. The van der Waals surface area contributed by atoms with E-state index in [0.717, 1.165) is 22.4 Å². The predicted octanol–water partition coefficient (Wildman–Crippen LogP) is 2.92. The van der Waals surface area contributed by atoms with Gasteiger partial charge in [-0.25, -0.2) is 15.1 Å². The van der Waals surface area contributed by atoms with Crippen LogP contribution in [0.3, 0.4) is 0 Å². The molecular weight excluding hydrogens is 352 g/mol. The summed E-state index contributed by atoms with van der Waals surface area (Å²) in [6.45, 7) is 0. The maximum Gasteiger partial charge on any atom is 0.240 e. The fourth-order valence-corrected chi connectivity index (χ4v) is 3.00. The standard InChI is InChI=1S/C18H15ClN6O/c19-13-3-1-2-12(8-13)18-14(11-6-7-21-15(20)9-11)10-25(24-18)16-4-5-17(26)23-22-16/h1-3,6-10H,4-5H2,(H2,20,21)(H,23,26). The van der Waals surface area contributed by atoms with E-state index in [4.69, 9.17) is 22.4 Å². The van der Waals surface area contributed by atoms with E-state index in [1.165, 1.54) is 0 Å². The molecule has 7 nitrogen and oxygen atoms in total. The van der Waals surface area contributed by atoms with Gasteiger partial charge in [-0.1, -0.05) is 23.7 Å². The van der Waals surface area contributed by atoms with Gasteiger partial charge in [-0.3, -0.25) is 4.79 Å². The van der Waals surface area contributed by atoms with Crippen LogP contribution in [-0.4, -0.2) is 26.5 Å². The Morgan fingerprint density at radius 2 is 2.04 bits per heavy atom. The van der Waals surface area contributed by atoms with Crippen LogP contribution in [0.5, 0.6) is 0 Å². The van der Waals surface area contributed by atoms with Gasteiger partial charge in [0.2, 0.25) is 5.91 Å². The summed E-state index contributed by atoms with van der Waals surface area (Å²) >= 11 is 6.15. The first kappa shape index (κ1) is 16.3. The molecule has 3 heterocycles. The van der Waals surface area contributed by atoms with E-state index in [9.17, 15) is 4.79 Å². The van der Waals surface area contributed by atoms with Crippen molar-refractivity contribution in [2.24, 2.45) is 5.10 Å². The molecule has 8 heteroatoms. The number of carbonyl (C=O) groups is 1. The highest BCUT2D eigenvalue weighted by Gasteiger charge is 2.19. The number of nitrogen functional groups attached to an aromatic ring is 1. The summed E-state index contributed by atoms with van der Waals surface area (Å²) in [6.07, 6.45) is 4.42. The lowest BCUT2D eigenvalue weighted by atomic mass is 10.0. The monoisotopic (exact) mass is 366 g/mol. The highest BCUT2D eigenvalue weighted by molar-refractivity contribution is 6.30. The van der Waals surface area contributed by atoms with Gasteiger partial charge in [0.25, 0.3) is 0 Å². The molecule has 3 N–H and O–H groups in total. The number of anilines is 1. The molecule has 2 aromatic heterocycles. The van der Waals surface area contributed by atoms with E-state index < -0.39 is 0 Å². The van der Waals surface area contributed by atoms with Crippen LogP contribution in [0.1, 0.15) is 12.8 Å². The largest absolute Gasteiger partial charge is 0.384 e. The maximum absolute atomic E-state index is 11.3. The first-order valence-corrected chi connectivity index (χ1v) is 8.41. The SMILES string of the molecule is Nc1cc(-c2cn(C3=NNC(=O)CC3)nc2-c2cccc(Cl)c2)ccn1. The number of aromatic nitrogens is 3. The summed E-state index contributed by atoms with van der Waals surface area (Å²) < 4.78 is 1.68. The number of hydrogen-bond donors (Lipinski definition) is 2. The van der Waals surface area contributed by atoms with Crippen molar-refractivity contribution in [3.8, 4) is 22.4 Å². The van der Waals surface area contributed by atoms with Gasteiger partial charge in [0, 0.05) is 41.4 Å². The lowest BCUT2D eigenvalue weighted by Gasteiger charge is -2.11. The van der Waals surface area contributed by atoms with E-state index in [1.54, 1.807) is 16.9 Å². The Morgan fingerprint density at radius 1 is 1.15 bits per heavy atom. The number of nitrogens with two attached hydrogens (primary N) is 1. The van der Waals surface area contributed by atoms with Crippen LogP contribution < -0.4 is 11.2 Å². The summed E-state index contributed by atoms with van der Waals surface area (Å²) in [5, 5.41) is 9.43. The summed E-state index contributed by atoms with van der Waals surface area (Å²) in [5.74, 6) is 0.994. The van der Waals surface area contributed by atoms with Crippen LogP contribution in [-0.2, 0) is 4.79 Å². The number of rotatable bonds is 2. The molecule has 0 spiro atoms. The summed E-state index contributed by atoms with van der Waals surface area (Å²) in [7, 11) is 0. The average Bonchev–Trinajstić information content (AvgIpc) is 3.08. The van der Waals surface area contributed by atoms with Gasteiger partial charge in [-0.15, -0.1) is 0 Å². The molecular formula is C18H15ClN6O. The first-order valence-electron chi connectivity index (χ1n) is 8.03. The number of halogens is 1. The molecule has 0 saturated heterocycles. The molecule has 0 aliphatic carbocycles. The Balaban J connectivity index is 1.87. The molecule has 1 amide bonds. The van der Waals surface area contributed by atoms with Gasteiger partial charge in [0.15, 0.2) is 5.84 Å². The van der Waals surface area contributed by atoms with Crippen molar-refractivity contribution >= 4 is 29.2 Å². The quantitative estimate of drug-likeness (QED) is 0.728. The molecule has 1 aliphatic heterocycles. The van der Waals surface area contributed by atoms with Crippen molar-refractivity contribution in [2.75, 3.05) is 5.73 Å². The Hall–Kier alpha value is -3.19. The smallest absolute Gasteiger partial charge is 0.240 e. The van der Waals surface area contributed by atoms with Gasteiger partial charge >= 0.3 is 0 Å². The number of pyridine rings is 1. The van der Waals surface area contributed by atoms with Crippen LogP contribution in [0.2, 0.25) is 5.02 Å². The van der Waals surface area contributed by atoms with Crippen molar-refractivity contribution in [1.82, 2.24) is 20.2 Å². The Morgan fingerprint density at radius 3 is 2.77 bits per heavy atom. The van der Waals surface area contributed by atoms with Crippen molar-refractivity contribution < 1.29 is 4.79 Å². The zero-order valence-corrected chi connectivity index (χ0v) is 14.4. The molecule has 4 rings (SSSR count). The number of benzene rings is 1. The second kappa shape index (κ2) is 6.61. The highest BCUT2D eigenvalue weighted by Crippen LogP contribution is 2.32. The molecule has 0 unspecified atom stereocenters. The number of carbonyl (C=O) groups excluding carboxylic acids is 1. The molecule has 0 fully saturated rings. The van der Waals surface area contributed by atoms with Gasteiger partial charge in [0.1, 0.15) is 11.5 Å². The average molecular weight is 367 g/mol. The molecule has 3 aromatic rings. The first-order chi connectivity index (χ1) is 12.6. The summed E-state index contributed by atoms with van der Waals surface area (Å²) in [4.78, 5) is 15.4. The topological polar surface area (TPSA) is 98.2 Å². The van der Waals surface area contributed by atoms with Crippen molar-refractivity contribution in [1.29, 1.82) is 0 Å². The predicted molar refractivity (Wildman–Crippen MR) is 101 cm³/mol. The third-order valence-electron chi connectivity index (χ3n) is 4.05. The minimum Gasteiger partial charge on any atom is -0.384 e. The molecule has 26 heavy (non-hydrogen) atoms. The molecule has 1 aromatic carbocycles. The Labute approximate surface area is 154 Å². The zero-order chi connectivity index (χ0) is 18.1. The van der Waals surface area contributed by atoms with E-state index in [0.29, 0.717) is 29.5 Å². The van der Waals surface area contributed by atoms with Crippen LogP contribution in [0, 0.1) is 0 Å². The number of hydrazone groups is 1. The number of amides is 1. The van der Waals surface area contributed by atoms with E-state index in [-0.39, 0.29) is 5.91 Å². The second-order valence-corrected chi connectivity index (χ2v) is 6.32. The molecule has 0 saturated carbocycles. The molecule has 0 atom stereocenters. The molecule has 0 bridgehead atoms. The molecule has 0 radical (unpaired) electrons. The zero-order valence-electron chi connectivity index (χ0n) is 13.7. The number of nitrogens with zero attached hydrogens (tertiary/aromatic N) is 4. The minimum atomic E-state index is -0.0990. The van der Waals surface area contributed by atoms with Gasteiger partial charge in [-0.05, 0) is 29.8 Å². The van der Waals surface area contributed by atoms with Crippen molar-refractivity contribution in [3.63, 3.8) is 0 Å². The lowest BCUT2D eigenvalue weighted by molar-refractivity contribution is -0.121. The highest BCUT2D eigenvalue weighted by atomic mass is 35.5. The van der Waals surface area contributed by atoms with Crippen LogP contribution >= 0.6 is 11.6 Å². The number of nitrogens with one attached hydrogen (secondary N) is 1. The maximum atomic E-state index is 11.3. The van der Waals surface area contributed by atoms with Crippen LogP contribution in [0.4, 0.5) is 5.82 Å². The van der Waals surface area contributed by atoms with Crippen molar-refractivity contribution in [2.45, 2.75) is 12.8 Å². The Kier molecular flexibility index (Phi) is 4.14. The molecule has 130 valence electrons. The lowest BCUT2D eigenvalue weighted by Crippen LogP contribution is -2.29. The van der Waals surface area contributed by atoms with Crippen LogP contribution in [0.25, 0.3) is 22.4 Å². The van der Waals surface area contributed by atoms with Gasteiger partial charge < -0.3 is 5.73 Å². The fraction of sp³-hybridized carbons (Fsp3) is 0.111. The summed E-state index contributed by atoms with van der Waals surface area (Å²) in [5.41, 5.74) is 11.7. The summed E-state index contributed by atoms with van der Waals surface area (Å²) in [6, 6.07) is 11.1. The van der Waals surface area contributed by atoms with E-state index in [2.05, 4.69) is 15.5 Å². The van der Waals surface area contributed by atoms with E-state index in [1.807, 2.05) is 36.5 Å². The van der Waals surface area contributed by atoms with Gasteiger partial charge in [0.05, 0.1) is 0 Å². The third kappa shape index (κ3) is 3.16. The van der Waals surface area contributed by atoms with E-state index >= 15 is 0 Å².